The molecule has 4 heteroatoms. The lowest BCUT2D eigenvalue weighted by Gasteiger charge is -2.44. The van der Waals surface area contributed by atoms with Gasteiger partial charge in [-0.15, -0.1) is 11.3 Å². The molecule has 9 aromatic rings. The van der Waals surface area contributed by atoms with Gasteiger partial charge in [-0.3, -0.25) is 0 Å². The number of hydrogen-bond donors (Lipinski definition) is 1. The molecule has 0 fully saturated rings. The second-order valence-electron chi connectivity index (χ2n) is 22.8. The standard InChI is InChI=1S/C63H61BN2S/c1-38-33-48-50(63(8,9)32-31-61(48,4)5)37-53(38)66-52-27-23-40(39-17-11-10-12-18-39)35-51(52)64-57-46(34-41-19-13-14-20-43(41)59(57)66)44-25-28-55-56(45-21-15-16-22-54(45)67-55)58(44)65-42-24-26-47-49(36-42)62(6,7)30-29-60(47,2)3/h10-28,33-37,64-65H,29-32H2,1-9H3. The number of nitrogens with zero attached hydrogens (tertiary/aromatic N) is 1. The van der Waals surface area contributed by atoms with Crippen LogP contribution < -0.4 is 21.1 Å². The first-order valence-electron chi connectivity index (χ1n) is 24.6. The SMILES string of the molecule is Cc1cc2c(cc1N1c3ccc(-c4ccccc4)cc3Bc3c(-c4ccc5sc6ccccc6c5c4Nc4ccc5c(c4)C(C)(C)CCC5(C)C)cc4ccccc4c31)C(C)(C)CCC2(C)C. The van der Waals surface area contributed by atoms with Crippen molar-refractivity contribution in [2.75, 3.05) is 10.2 Å². The summed E-state index contributed by atoms with van der Waals surface area (Å²) in [5, 5.41) is 9.34. The molecule has 0 saturated carbocycles. The molecule has 0 atom stereocenters. The molecule has 0 spiro atoms. The number of thiophene rings is 1. The van der Waals surface area contributed by atoms with Crippen molar-refractivity contribution >= 4 is 88.9 Å². The van der Waals surface area contributed by atoms with E-state index in [2.05, 4.69) is 218 Å². The Morgan fingerprint density at radius 3 is 1.90 bits per heavy atom. The Hall–Kier alpha value is -6.10. The fourth-order valence-electron chi connectivity index (χ4n) is 12.3. The van der Waals surface area contributed by atoms with Gasteiger partial charge in [-0.1, -0.05) is 164 Å². The van der Waals surface area contributed by atoms with Gasteiger partial charge in [-0.2, -0.15) is 0 Å². The summed E-state index contributed by atoms with van der Waals surface area (Å²) in [4.78, 5) is 2.67. The Kier molecular flexibility index (Phi) is 9.43. The van der Waals surface area contributed by atoms with E-state index in [1.165, 1.54) is 140 Å². The molecule has 0 amide bonds. The molecular weight excluding hydrogens is 828 g/mol. The summed E-state index contributed by atoms with van der Waals surface area (Å²) < 4.78 is 2.62. The quantitative estimate of drug-likeness (QED) is 0.173. The van der Waals surface area contributed by atoms with Crippen LogP contribution in [0.3, 0.4) is 0 Å². The third-order valence-electron chi connectivity index (χ3n) is 16.5. The Balaban J connectivity index is 1.15. The summed E-state index contributed by atoms with van der Waals surface area (Å²) in [5.41, 5.74) is 21.6. The van der Waals surface area contributed by atoms with E-state index in [-0.39, 0.29) is 21.7 Å². The van der Waals surface area contributed by atoms with Crippen LogP contribution >= 0.6 is 11.3 Å². The Labute approximate surface area is 402 Å². The zero-order chi connectivity index (χ0) is 46.2. The van der Waals surface area contributed by atoms with Crippen LogP contribution in [0.2, 0.25) is 0 Å². The van der Waals surface area contributed by atoms with Crippen LogP contribution in [0.5, 0.6) is 0 Å². The summed E-state index contributed by atoms with van der Waals surface area (Å²) in [6.45, 7) is 21.9. The van der Waals surface area contributed by atoms with Crippen molar-refractivity contribution in [1.82, 2.24) is 0 Å². The monoisotopic (exact) mass is 888 g/mol. The van der Waals surface area contributed by atoms with E-state index in [4.69, 9.17) is 0 Å². The molecule has 0 radical (unpaired) electrons. The maximum Gasteiger partial charge on any atom is 0.198 e. The first-order chi connectivity index (χ1) is 32.1. The first-order valence-corrected chi connectivity index (χ1v) is 25.5. The Bertz CT molecular complexity index is 3500. The molecular formula is C63H61BN2S. The molecule has 67 heavy (non-hydrogen) atoms. The molecule has 1 N–H and O–H groups in total. The van der Waals surface area contributed by atoms with Gasteiger partial charge in [0.1, 0.15) is 0 Å². The molecule has 1 aliphatic heterocycles. The molecule has 0 saturated heterocycles. The van der Waals surface area contributed by atoms with Crippen molar-refractivity contribution in [3.63, 3.8) is 0 Å². The fourth-order valence-corrected chi connectivity index (χ4v) is 13.4. The number of benzene rings is 8. The van der Waals surface area contributed by atoms with Crippen molar-refractivity contribution in [3.05, 3.63) is 173 Å². The van der Waals surface area contributed by atoms with Gasteiger partial charge >= 0.3 is 0 Å². The van der Waals surface area contributed by atoms with Gasteiger partial charge in [0.05, 0.1) is 5.69 Å². The minimum atomic E-state index is 0.0662. The molecule has 1 aromatic heterocycles. The average Bonchev–Trinajstić information content (AvgIpc) is 3.71. The predicted octanol–water partition coefficient (Wildman–Crippen LogP) is 16.5. The van der Waals surface area contributed by atoms with Gasteiger partial charge in [0.2, 0.25) is 0 Å². The fraction of sp³-hybridized carbons (Fsp3) is 0.270. The summed E-state index contributed by atoms with van der Waals surface area (Å²) in [7, 11) is 0.814. The highest BCUT2D eigenvalue weighted by Crippen LogP contribution is 2.53. The van der Waals surface area contributed by atoms with Crippen LogP contribution in [0.1, 0.15) is 109 Å². The van der Waals surface area contributed by atoms with E-state index in [0.29, 0.717) is 0 Å². The Morgan fingerprint density at radius 1 is 0.507 bits per heavy atom. The molecule has 2 aliphatic carbocycles. The van der Waals surface area contributed by atoms with Gasteiger partial charge in [-0.05, 0) is 152 Å². The molecule has 0 unspecified atom stereocenters. The van der Waals surface area contributed by atoms with Crippen molar-refractivity contribution in [3.8, 4) is 22.3 Å². The van der Waals surface area contributed by atoms with Gasteiger partial charge < -0.3 is 10.2 Å². The van der Waals surface area contributed by atoms with Crippen molar-refractivity contribution in [2.45, 2.75) is 110 Å². The highest BCUT2D eigenvalue weighted by Gasteiger charge is 2.40. The summed E-state index contributed by atoms with van der Waals surface area (Å²) >= 11 is 1.90. The summed E-state index contributed by atoms with van der Waals surface area (Å²) in [5.74, 6) is 0. The average molecular weight is 889 g/mol. The molecule has 3 aliphatic rings. The van der Waals surface area contributed by atoms with Gasteiger partial charge in [0.15, 0.2) is 7.28 Å². The summed E-state index contributed by atoms with van der Waals surface area (Å²) in [6, 6.07) is 56.0. The third kappa shape index (κ3) is 6.72. The molecule has 0 bridgehead atoms. The molecule has 2 heterocycles. The van der Waals surface area contributed by atoms with E-state index >= 15 is 0 Å². The predicted molar refractivity (Wildman–Crippen MR) is 294 cm³/mol. The number of rotatable bonds is 5. The van der Waals surface area contributed by atoms with Crippen LogP contribution in [0.25, 0.3) is 53.2 Å². The van der Waals surface area contributed by atoms with Crippen LogP contribution in [-0.4, -0.2) is 7.28 Å². The van der Waals surface area contributed by atoms with Crippen LogP contribution in [0.15, 0.2) is 146 Å². The highest BCUT2D eigenvalue weighted by atomic mass is 32.1. The van der Waals surface area contributed by atoms with E-state index < -0.39 is 0 Å². The normalized spacial score (nSPS) is 17.4. The maximum absolute atomic E-state index is 4.21. The molecule has 332 valence electrons. The van der Waals surface area contributed by atoms with E-state index in [1.54, 1.807) is 0 Å². The lowest BCUT2D eigenvalue weighted by molar-refractivity contribution is 0.332. The van der Waals surface area contributed by atoms with Crippen molar-refractivity contribution < 1.29 is 0 Å². The van der Waals surface area contributed by atoms with Gasteiger partial charge in [0.25, 0.3) is 0 Å². The topological polar surface area (TPSA) is 15.3 Å². The van der Waals surface area contributed by atoms with E-state index in [1.807, 2.05) is 11.3 Å². The number of hydrogen-bond acceptors (Lipinski definition) is 3. The van der Waals surface area contributed by atoms with Crippen LogP contribution in [0.4, 0.5) is 28.4 Å². The van der Waals surface area contributed by atoms with Gasteiger partial charge in [0, 0.05) is 53.9 Å². The first kappa shape index (κ1) is 42.3. The highest BCUT2D eigenvalue weighted by molar-refractivity contribution is 7.26. The second kappa shape index (κ2) is 15.0. The maximum atomic E-state index is 4.21. The number of aryl methyl sites for hydroxylation is 1. The minimum absolute atomic E-state index is 0.0662. The van der Waals surface area contributed by atoms with Gasteiger partial charge in [-0.25, -0.2) is 0 Å². The van der Waals surface area contributed by atoms with E-state index in [0.717, 1.165) is 13.0 Å². The molecule has 12 rings (SSSR count). The van der Waals surface area contributed by atoms with Crippen LogP contribution in [-0.2, 0) is 21.7 Å². The zero-order valence-corrected chi connectivity index (χ0v) is 41.6. The van der Waals surface area contributed by atoms with Crippen molar-refractivity contribution in [2.24, 2.45) is 0 Å². The third-order valence-corrected chi connectivity index (χ3v) is 17.6. The van der Waals surface area contributed by atoms with E-state index in [9.17, 15) is 0 Å². The smallest absolute Gasteiger partial charge is 0.198 e. The van der Waals surface area contributed by atoms with Crippen molar-refractivity contribution in [1.29, 1.82) is 0 Å². The lowest BCUT2D eigenvalue weighted by Crippen LogP contribution is -2.41. The number of fused-ring (bicyclic) bond motifs is 9. The molecule has 2 nitrogen and oxygen atoms in total. The lowest BCUT2D eigenvalue weighted by atomic mass is 9.57. The second-order valence-corrected chi connectivity index (χ2v) is 23.8. The number of anilines is 5. The van der Waals surface area contributed by atoms with Crippen LogP contribution in [0, 0.1) is 6.92 Å². The minimum Gasteiger partial charge on any atom is -0.354 e. The largest absolute Gasteiger partial charge is 0.354 e. The number of nitrogens with one attached hydrogen (secondary N) is 1. The Morgan fingerprint density at radius 2 is 1.15 bits per heavy atom. The molecule has 8 aromatic carbocycles. The summed E-state index contributed by atoms with van der Waals surface area (Å²) in [6.07, 6.45) is 4.74. The zero-order valence-electron chi connectivity index (χ0n) is 40.7.